The van der Waals surface area contributed by atoms with E-state index in [4.69, 9.17) is 4.74 Å². The van der Waals surface area contributed by atoms with E-state index in [9.17, 15) is 9.90 Å². The summed E-state index contributed by atoms with van der Waals surface area (Å²) in [5.74, 6) is -0.565. The standard InChI is InChI=1S/C26H32FN3O3S/c1-33-19-6-8-24-21(16-19)20(9-11-28-24)23(27)7-5-18-10-14-30(17-22(18)26(31)32)13-3-2-4-25-29-12-15-34-25/h6,8-9,11-12,15-16,18,22-23H,2-5,7,10,13-14,17H2,1H3,(H,31,32)/t18-,22+,23-/m1/s1. The number of ether oxygens (including phenoxy) is 1. The first-order valence-electron chi connectivity index (χ1n) is 12.0. The molecule has 34 heavy (non-hydrogen) atoms. The minimum Gasteiger partial charge on any atom is -0.497 e. The molecule has 6 nitrogen and oxygen atoms in total. The van der Waals surface area contributed by atoms with Crippen LogP contribution in [-0.4, -0.2) is 52.7 Å². The Morgan fingerprint density at radius 3 is 2.94 bits per heavy atom. The summed E-state index contributed by atoms with van der Waals surface area (Å²) in [6.45, 7) is 2.32. The van der Waals surface area contributed by atoms with E-state index >= 15 is 4.39 Å². The topological polar surface area (TPSA) is 75.5 Å². The molecule has 2 aromatic heterocycles. The monoisotopic (exact) mass is 485 g/mol. The highest BCUT2D eigenvalue weighted by Gasteiger charge is 2.34. The molecule has 0 radical (unpaired) electrons. The Morgan fingerprint density at radius 2 is 2.18 bits per heavy atom. The summed E-state index contributed by atoms with van der Waals surface area (Å²) >= 11 is 1.68. The van der Waals surface area contributed by atoms with Crippen LogP contribution >= 0.6 is 11.3 Å². The molecule has 1 aliphatic heterocycles. The van der Waals surface area contributed by atoms with Gasteiger partial charge in [-0.3, -0.25) is 9.78 Å². The fraction of sp³-hybridized carbons (Fsp3) is 0.500. The number of pyridine rings is 1. The highest BCUT2D eigenvalue weighted by Crippen LogP contribution is 2.35. The molecule has 182 valence electrons. The number of piperidine rings is 1. The van der Waals surface area contributed by atoms with Gasteiger partial charge in [0.15, 0.2) is 0 Å². The molecule has 0 aliphatic carbocycles. The van der Waals surface area contributed by atoms with Crippen LogP contribution in [0.2, 0.25) is 0 Å². The van der Waals surface area contributed by atoms with Gasteiger partial charge >= 0.3 is 5.97 Å². The number of aromatic nitrogens is 2. The second-order valence-electron chi connectivity index (χ2n) is 9.01. The van der Waals surface area contributed by atoms with Gasteiger partial charge in [-0.05, 0) is 87.4 Å². The first kappa shape index (κ1) is 24.5. The van der Waals surface area contributed by atoms with E-state index in [1.165, 1.54) is 0 Å². The van der Waals surface area contributed by atoms with E-state index < -0.39 is 18.1 Å². The number of unbranched alkanes of at least 4 members (excludes halogenated alkanes) is 1. The van der Waals surface area contributed by atoms with E-state index in [2.05, 4.69) is 14.9 Å². The first-order valence-corrected chi connectivity index (χ1v) is 12.8. The van der Waals surface area contributed by atoms with Gasteiger partial charge in [-0.2, -0.15) is 0 Å². The zero-order chi connectivity index (χ0) is 23.9. The predicted molar refractivity (Wildman–Crippen MR) is 132 cm³/mol. The third-order valence-corrected chi connectivity index (χ3v) is 7.71. The second kappa shape index (κ2) is 11.7. The summed E-state index contributed by atoms with van der Waals surface area (Å²) in [6, 6.07) is 7.18. The molecule has 1 fully saturated rings. The number of fused-ring (bicyclic) bond motifs is 1. The van der Waals surface area contributed by atoms with E-state index in [1.54, 1.807) is 30.7 Å². The van der Waals surface area contributed by atoms with E-state index in [0.717, 1.165) is 54.7 Å². The van der Waals surface area contributed by atoms with Gasteiger partial charge in [0.25, 0.3) is 0 Å². The first-order chi connectivity index (χ1) is 16.5. The van der Waals surface area contributed by atoms with E-state index in [-0.39, 0.29) is 5.92 Å². The second-order valence-corrected chi connectivity index (χ2v) is 9.98. The summed E-state index contributed by atoms with van der Waals surface area (Å²) in [5.41, 5.74) is 1.32. The number of aryl methyl sites for hydroxylation is 1. The number of carboxylic acids is 1. The number of carboxylic acid groups (broad SMARTS) is 1. The fourth-order valence-electron chi connectivity index (χ4n) is 4.95. The van der Waals surface area contributed by atoms with Crippen molar-refractivity contribution in [3.8, 4) is 5.75 Å². The average molecular weight is 486 g/mol. The van der Waals surface area contributed by atoms with Crippen LogP contribution in [0.15, 0.2) is 42.0 Å². The maximum Gasteiger partial charge on any atom is 0.308 e. The van der Waals surface area contributed by atoms with Gasteiger partial charge < -0.3 is 14.7 Å². The molecule has 1 aliphatic rings. The van der Waals surface area contributed by atoms with E-state index in [1.807, 2.05) is 29.8 Å². The molecule has 3 atom stereocenters. The smallest absolute Gasteiger partial charge is 0.308 e. The number of rotatable bonds is 11. The number of methoxy groups -OCH3 is 1. The highest BCUT2D eigenvalue weighted by atomic mass is 32.1. The van der Waals surface area contributed by atoms with Gasteiger partial charge in [-0.1, -0.05) is 0 Å². The molecule has 3 aromatic rings. The number of benzene rings is 1. The number of alkyl halides is 1. The van der Waals surface area contributed by atoms with Crippen molar-refractivity contribution < 1.29 is 19.0 Å². The lowest BCUT2D eigenvalue weighted by Gasteiger charge is -2.36. The van der Waals surface area contributed by atoms with Gasteiger partial charge in [0.2, 0.25) is 0 Å². The minimum absolute atomic E-state index is 0.00930. The molecule has 1 aromatic carbocycles. The molecule has 1 saturated heterocycles. The van der Waals surface area contributed by atoms with Gasteiger partial charge in [0.05, 0.1) is 23.6 Å². The summed E-state index contributed by atoms with van der Waals surface area (Å²) in [5, 5.41) is 13.8. The van der Waals surface area contributed by atoms with Crippen LogP contribution in [0.4, 0.5) is 4.39 Å². The number of hydrogen-bond acceptors (Lipinski definition) is 6. The lowest BCUT2D eigenvalue weighted by atomic mass is 9.81. The lowest BCUT2D eigenvalue weighted by molar-refractivity contribution is -0.146. The van der Waals surface area contributed by atoms with E-state index in [0.29, 0.717) is 30.7 Å². The van der Waals surface area contributed by atoms with Crippen molar-refractivity contribution in [1.82, 2.24) is 14.9 Å². The maximum absolute atomic E-state index is 15.4. The Labute approximate surface area is 203 Å². The fourth-order valence-corrected chi connectivity index (χ4v) is 5.61. The largest absolute Gasteiger partial charge is 0.497 e. The molecule has 0 amide bonds. The zero-order valence-electron chi connectivity index (χ0n) is 19.5. The summed E-state index contributed by atoms with van der Waals surface area (Å²) in [6.07, 6.45) is 7.01. The van der Waals surface area contributed by atoms with Crippen LogP contribution in [0.1, 0.15) is 48.8 Å². The molecule has 0 saturated carbocycles. The molecule has 4 rings (SSSR count). The minimum atomic E-state index is -1.17. The summed E-state index contributed by atoms with van der Waals surface area (Å²) < 4.78 is 20.6. The number of halogens is 1. The van der Waals surface area contributed by atoms with Crippen LogP contribution in [0.3, 0.4) is 0 Å². The quantitative estimate of drug-likeness (QED) is 0.360. The van der Waals surface area contributed by atoms with Crippen molar-refractivity contribution in [2.75, 3.05) is 26.7 Å². The number of nitrogens with zero attached hydrogens (tertiary/aromatic N) is 3. The van der Waals surface area contributed by atoms with Crippen molar-refractivity contribution in [2.45, 2.75) is 44.7 Å². The predicted octanol–water partition coefficient (Wildman–Crippen LogP) is 5.54. The third-order valence-electron chi connectivity index (χ3n) is 6.87. The highest BCUT2D eigenvalue weighted by molar-refractivity contribution is 7.09. The molecule has 0 unspecified atom stereocenters. The lowest BCUT2D eigenvalue weighted by Crippen LogP contribution is -2.44. The molecular formula is C26H32FN3O3S. The number of aliphatic carboxylic acids is 1. The number of thiazole rings is 1. The maximum atomic E-state index is 15.4. The SMILES string of the molecule is COc1ccc2nccc([C@H](F)CC[C@@H]3CCN(CCCCc4nccs4)C[C@@H]3C(=O)O)c2c1. The normalized spacial score (nSPS) is 19.8. The molecule has 8 heteroatoms. The van der Waals surface area contributed by atoms with Crippen molar-refractivity contribution in [1.29, 1.82) is 0 Å². The van der Waals surface area contributed by atoms with Gasteiger partial charge in [-0.15, -0.1) is 11.3 Å². The molecule has 1 N–H and O–H groups in total. The zero-order valence-corrected chi connectivity index (χ0v) is 20.3. The van der Waals surface area contributed by atoms with Gasteiger partial charge in [-0.25, -0.2) is 9.37 Å². The van der Waals surface area contributed by atoms with Gasteiger partial charge in [0, 0.05) is 29.7 Å². The van der Waals surface area contributed by atoms with Crippen molar-refractivity contribution in [2.24, 2.45) is 11.8 Å². The molecular weight excluding hydrogens is 453 g/mol. The number of likely N-dealkylation sites (tertiary alicyclic amines) is 1. The Balaban J connectivity index is 1.31. The third kappa shape index (κ3) is 6.10. The van der Waals surface area contributed by atoms with Crippen LogP contribution in [0.25, 0.3) is 10.9 Å². The van der Waals surface area contributed by atoms with Crippen molar-refractivity contribution in [3.05, 3.63) is 52.6 Å². The Kier molecular flexibility index (Phi) is 8.45. The average Bonchev–Trinajstić information content (AvgIpc) is 3.38. The molecule has 0 bridgehead atoms. The number of carbonyl (C=O) groups is 1. The Morgan fingerprint density at radius 1 is 1.29 bits per heavy atom. The molecule has 0 spiro atoms. The van der Waals surface area contributed by atoms with Crippen molar-refractivity contribution >= 4 is 28.2 Å². The van der Waals surface area contributed by atoms with Crippen LogP contribution in [0, 0.1) is 11.8 Å². The van der Waals surface area contributed by atoms with Crippen LogP contribution in [0.5, 0.6) is 5.75 Å². The van der Waals surface area contributed by atoms with Gasteiger partial charge in [0.1, 0.15) is 11.9 Å². The van der Waals surface area contributed by atoms with Crippen molar-refractivity contribution in [3.63, 3.8) is 0 Å². The van der Waals surface area contributed by atoms with Crippen LogP contribution in [-0.2, 0) is 11.2 Å². The Hall–Kier alpha value is -2.58. The molecule has 3 heterocycles. The van der Waals surface area contributed by atoms with Crippen LogP contribution < -0.4 is 4.74 Å². The Bertz CT molecular complexity index is 1080. The summed E-state index contributed by atoms with van der Waals surface area (Å²) in [4.78, 5) is 22.9. The number of hydrogen-bond donors (Lipinski definition) is 1. The summed E-state index contributed by atoms with van der Waals surface area (Å²) in [7, 11) is 1.59.